The minimum absolute atomic E-state index is 0.241. The molecule has 0 aliphatic heterocycles. The number of ether oxygens (including phenoxy) is 2. The molecule has 0 saturated carbocycles. The molecule has 0 spiro atoms. The molecule has 1 heterocycles. The molecule has 7 heteroatoms. The maximum atomic E-state index is 13.4. The number of para-hydroxylation sites is 1. The molecule has 1 atom stereocenters. The molecule has 146 valence electrons. The van der Waals surface area contributed by atoms with Crippen LogP contribution in [0.2, 0.25) is 0 Å². The Balaban J connectivity index is 2.13. The maximum Gasteiger partial charge on any atom is 0.344 e. The van der Waals surface area contributed by atoms with Gasteiger partial charge in [0, 0.05) is 0 Å². The Kier molecular flexibility index (Phi) is 5.75. The Hall–Kier alpha value is -3.19. The first-order valence-corrected chi connectivity index (χ1v) is 9.07. The molecule has 0 aliphatic carbocycles. The van der Waals surface area contributed by atoms with Crippen LogP contribution >= 0.6 is 0 Å². The number of aromatic nitrogens is 2. The summed E-state index contributed by atoms with van der Waals surface area (Å²) >= 11 is 0. The van der Waals surface area contributed by atoms with E-state index < -0.39 is 12.0 Å². The smallest absolute Gasteiger partial charge is 0.344 e. The van der Waals surface area contributed by atoms with Crippen molar-refractivity contribution in [2.24, 2.45) is 5.73 Å². The second kappa shape index (κ2) is 8.22. The monoisotopic (exact) mass is 381 g/mol. The van der Waals surface area contributed by atoms with E-state index in [1.165, 1.54) is 4.57 Å². The van der Waals surface area contributed by atoms with E-state index in [0.29, 0.717) is 17.0 Å². The van der Waals surface area contributed by atoms with Crippen LogP contribution in [0.3, 0.4) is 0 Å². The number of carbonyl (C=O) groups is 1. The molecule has 0 bridgehead atoms. The minimum Gasteiger partial charge on any atom is -0.481 e. The summed E-state index contributed by atoms with van der Waals surface area (Å²) in [6.07, 6.45) is -0.241. The molecule has 0 aliphatic rings. The Morgan fingerprint density at radius 1 is 1.11 bits per heavy atom. The van der Waals surface area contributed by atoms with Gasteiger partial charge in [-0.2, -0.15) is 0 Å². The topological polar surface area (TPSA) is 96.4 Å². The summed E-state index contributed by atoms with van der Waals surface area (Å²) in [5.74, 6) is 0.215. The number of hydrogen-bond acceptors (Lipinski definition) is 6. The van der Waals surface area contributed by atoms with Gasteiger partial charge in [0.1, 0.15) is 17.0 Å². The quantitative estimate of drug-likeness (QED) is 0.660. The van der Waals surface area contributed by atoms with E-state index in [-0.39, 0.29) is 29.4 Å². The van der Waals surface area contributed by atoms with Gasteiger partial charge in [-0.25, -0.2) is 9.78 Å². The van der Waals surface area contributed by atoms with Crippen LogP contribution in [0.15, 0.2) is 53.3 Å². The van der Waals surface area contributed by atoms with Gasteiger partial charge in [0.2, 0.25) is 0 Å². The van der Waals surface area contributed by atoms with Gasteiger partial charge >= 0.3 is 5.97 Å². The van der Waals surface area contributed by atoms with Crippen molar-refractivity contribution in [1.82, 2.24) is 9.55 Å². The zero-order valence-electron chi connectivity index (χ0n) is 16.1. The summed E-state index contributed by atoms with van der Waals surface area (Å²) in [6.45, 7) is 4.99. The van der Waals surface area contributed by atoms with Crippen molar-refractivity contribution >= 4 is 16.9 Å². The van der Waals surface area contributed by atoms with Gasteiger partial charge in [0.25, 0.3) is 5.56 Å². The van der Waals surface area contributed by atoms with E-state index in [9.17, 15) is 9.59 Å². The number of carbonyl (C=O) groups excluding carboxylic acids is 1. The molecule has 3 aromatic rings. The van der Waals surface area contributed by atoms with Crippen LogP contribution in [0.5, 0.6) is 5.75 Å². The first kappa shape index (κ1) is 19.6. The fraction of sp³-hybridized carbons (Fsp3) is 0.286. The maximum absolute atomic E-state index is 13.4. The molecule has 2 N–H and O–H groups in total. The summed E-state index contributed by atoms with van der Waals surface area (Å²) < 4.78 is 12.2. The van der Waals surface area contributed by atoms with Crippen LogP contribution < -0.4 is 16.0 Å². The Morgan fingerprint density at radius 3 is 2.46 bits per heavy atom. The average molecular weight is 381 g/mol. The van der Waals surface area contributed by atoms with Crippen molar-refractivity contribution in [2.75, 3.05) is 6.61 Å². The predicted octanol–water partition coefficient (Wildman–Crippen LogP) is 2.74. The van der Waals surface area contributed by atoms with Gasteiger partial charge in [-0.1, -0.05) is 24.3 Å². The van der Waals surface area contributed by atoms with E-state index in [2.05, 4.69) is 4.98 Å². The van der Waals surface area contributed by atoms with Crippen molar-refractivity contribution in [2.45, 2.75) is 32.9 Å². The fourth-order valence-electron chi connectivity index (χ4n) is 2.90. The third kappa shape index (κ3) is 4.04. The minimum atomic E-state index is -0.504. The Bertz CT molecular complexity index is 1040. The Morgan fingerprint density at radius 2 is 1.82 bits per heavy atom. The molecular formula is C21H23N3O4. The number of rotatable bonds is 6. The van der Waals surface area contributed by atoms with Crippen molar-refractivity contribution in [3.8, 4) is 11.4 Å². The second-order valence-corrected chi connectivity index (χ2v) is 6.71. The number of nitrogens with two attached hydrogens (primary N) is 1. The molecule has 1 aromatic heterocycles. The van der Waals surface area contributed by atoms with Crippen molar-refractivity contribution in [1.29, 1.82) is 0 Å². The molecule has 0 amide bonds. The van der Waals surface area contributed by atoms with Gasteiger partial charge < -0.3 is 15.2 Å². The summed E-state index contributed by atoms with van der Waals surface area (Å²) in [5.41, 5.74) is 6.88. The Labute approximate surface area is 162 Å². The van der Waals surface area contributed by atoms with Crippen LogP contribution in [0.1, 0.15) is 32.6 Å². The van der Waals surface area contributed by atoms with Gasteiger partial charge in [0.15, 0.2) is 6.61 Å². The highest BCUT2D eigenvalue weighted by Crippen LogP contribution is 2.24. The molecule has 3 rings (SSSR count). The largest absolute Gasteiger partial charge is 0.481 e. The van der Waals surface area contributed by atoms with Crippen LogP contribution in [0.25, 0.3) is 16.6 Å². The standard InChI is InChI=1S/C21H23N3O4/c1-13(2)28-18(25)12-27-17-11-7-10-16-19(17)21(26)24(20(23-16)14(3)22)15-8-5-4-6-9-15/h4-11,13-14H,12,22H2,1-3H3. The summed E-state index contributed by atoms with van der Waals surface area (Å²) in [4.78, 5) is 29.8. The fourth-order valence-corrected chi connectivity index (χ4v) is 2.90. The zero-order valence-corrected chi connectivity index (χ0v) is 16.1. The normalized spacial score (nSPS) is 12.2. The molecule has 2 aromatic carbocycles. The molecule has 0 radical (unpaired) electrons. The van der Waals surface area contributed by atoms with Crippen molar-refractivity contribution < 1.29 is 14.3 Å². The molecule has 7 nitrogen and oxygen atoms in total. The predicted molar refractivity (Wildman–Crippen MR) is 107 cm³/mol. The highest BCUT2D eigenvalue weighted by atomic mass is 16.6. The molecular weight excluding hydrogens is 358 g/mol. The van der Waals surface area contributed by atoms with Crippen LogP contribution in [-0.4, -0.2) is 28.2 Å². The summed E-state index contributed by atoms with van der Waals surface area (Å²) in [5, 5.41) is 0.285. The first-order valence-electron chi connectivity index (χ1n) is 9.07. The summed E-state index contributed by atoms with van der Waals surface area (Å²) in [6, 6.07) is 13.8. The van der Waals surface area contributed by atoms with E-state index >= 15 is 0 Å². The van der Waals surface area contributed by atoms with Gasteiger partial charge in [0.05, 0.1) is 23.3 Å². The molecule has 1 unspecified atom stereocenters. The summed E-state index contributed by atoms with van der Waals surface area (Å²) in [7, 11) is 0. The number of hydrogen-bond donors (Lipinski definition) is 1. The molecule has 0 saturated heterocycles. The molecule has 0 fully saturated rings. The average Bonchev–Trinajstić information content (AvgIpc) is 2.66. The lowest BCUT2D eigenvalue weighted by molar-refractivity contribution is -0.149. The van der Waals surface area contributed by atoms with Gasteiger partial charge in [-0.05, 0) is 45.0 Å². The van der Waals surface area contributed by atoms with Gasteiger partial charge in [-0.3, -0.25) is 9.36 Å². The third-order valence-electron chi connectivity index (χ3n) is 4.02. The second-order valence-electron chi connectivity index (χ2n) is 6.71. The van der Waals surface area contributed by atoms with Gasteiger partial charge in [-0.15, -0.1) is 0 Å². The van der Waals surface area contributed by atoms with E-state index in [1.807, 2.05) is 30.3 Å². The van der Waals surface area contributed by atoms with E-state index in [0.717, 1.165) is 0 Å². The third-order valence-corrected chi connectivity index (χ3v) is 4.02. The zero-order chi connectivity index (χ0) is 20.3. The van der Waals surface area contributed by atoms with Crippen LogP contribution in [0.4, 0.5) is 0 Å². The highest BCUT2D eigenvalue weighted by molar-refractivity contribution is 5.85. The van der Waals surface area contributed by atoms with E-state index in [4.69, 9.17) is 15.2 Å². The van der Waals surface area contributed by atoms with Crippen LogP contribution in [0, 0.1) is 0 Å². The molecule has 28 heavy (non-hydrogen) atoms. The highest BCUT2D eigenvalue weighted by Gasteiger charge is 2.19. The lowest BCUT2D eigenvalue weighted by atomic mass is 10.2. The number of esters is 1. The number of fused-ring (bicyclic) bond motifs is 1. The number of benzene rings is 2. The van der Waals surface area contributed by atoms with Crippen molar-refractivity contribution in [3.05, 3.63) is 64.7 Å². The van der Waals surface area contributed by atoms with Crippen LogP contribution in [-0.2, 0) is 9.53 Å². The SMILES string of the molecule is CC(C)OC(=O)COc1cccc2nc(C(C)N)n(-c3ccccc3)c(=O)c12. The van der Waals surface area contributed by atoms with Crippen molar-refractivity contribution in [3.63, 3.8) is 0 Å². The number of nitrogens with zero attached hydrogens (tertiary/aromatic N) is 2. The lowest BCUT2D eigenvalue weighted by Crippen LogP contribution is -2.28. The lowest BCUT2D eigenvalue weighted by Gasteiger charge is -2.17. The first-order chi connectivity index (χ1) is 13.4. The van der Waals surface area contributed by atoms with E-state index in [1.54, 1.807) is 39.0 Å².